The number of aromatic nitrogens is 2. The minimum atomic E-state index is 0.313. The summed E-state index contributed by atoms with van der Waals surface area (Å²) in [4.78, 5) is 20.7. The van der Waals surface area contributed by atoms with E-state index in [2.05, 4.69) is 19.8 Å². The van der Waals surface area contributed by atoms with E-state index in [1.165, 1.54) is 0 Å². The van der Waals surface area contributed by atoms with Gasteiger partial charge in [-0.25, -0.2) is 4.98 Å². The topological polar surface area (TPSA) is 53.4 Å². The molecule has 1 aromatic heterocycles. The second-order valence-corrected chi connectivity index (χ2v) is 5.96. The summed E-state index contributed by atoms with van der Waals surface area (Å²) < 4.78 is 2.21. The highest BCUT2D eigenvalue weighted by atomic mass is 16.2. The van der Waals surface area contributed by atoms with Crippen molar-refractivity contribution in [1.82, 2.24) is 24.7 Å². The molecule has 116 valence electrons. The molecular weight excluding hydrogens is 266 g/mol. The summed E-state index contributed by atoms with van der Waals surface area (Å²) >= 11 is 0. The molecule has 2 fully saturated rings. The first-order chi connectivity index (χ1) is 10.3. The van der Waals surface area contributed by atoms with Crippen molar-refractivity contribution in [3.63, 3.8) is 0 Å². The summed E-state index contributed by atoms with van der Waals surface area (Å²) in [6, 6.07) is 0.577. The average Bonchev–Trinajstić information content (AvgIpc) is 3.08. The Morgan fingerprint density at radius 3 is 2.62 bits per heavy atom. The fraction of sp³-hybridized carbons (Fsp3) is 0.733. The van der Waals surface area contributed by atoms with Crippen molar-refractivity contribution in [3.05, 3.63) is 18.7 Å². The predicted octanol–water partition coefficient (Wildman–Crippen LogP) is 0.342. The third-order valence-corrected chi connectivity index (χ3v) is 4.62. The van der Waals surface area contributed by atoms with Crippen LogP contribution in [0.25, 0.3) is 0 Å². The molecule has 1 N–H and O–H groups in total. The summed E-state index contributed by atoms with van der Waals surface area (Å²) in [6.07, 6.45) is 8.77. The smallest absolute Gasteiger partial charge is 0.223 e. The Kier molecular flexibility index (Phi) is 4.87. The summed E-state index contributed by atoms with van der Waals surface area (Å²) in [5.41, 5.74) is 0. The van der Waals surface area contributed by atoms with E-state index in [1.54, 1.807) is 0 Å². The maximum absolute atomic E-state index is 12.2. The van der Waals surface area contributed by atoms with Gasteiger partial charge in [-0.15, -0.1) is 0 Å². The van der Waals surface area contributed by atoms with Gasteiger partial charge in [-0.2, -0.15) is 0 Å². The molecule has 6 heteroatoms. The van der Waals surface area contributed by atoms with Crippen molar-refractivity contribution < 1.29 is 4.79 Å². The van der Waals surface area contributed by atoms with E-state index in [1.807, 2.05) is 23.6 Å². The Bertz CT molecular complexity index is 433. The fourth-order valence-electron chi connectivity index (χ4n) is 3.25. The van der Waals surface area contributed by atoms with Crippen LogP contribution in [0.5, 0.6) is 0 Å². The van der Waals surface area contributed by atoms with Crippen LogP contribution in [0.1, 0.15) is 25.3 Å². The minimum absolute atomic E-state index is 0.313. The van der Waals surface area contributed by atoms with Crippen LogP contribution >= 0.6 is 0 Å². The number of carbonyl (C=O) groups excluding carboxylic acids is 1. The first-order valence-electron chi connectivity index (χ1n) is 8.01. The van der Waals surface area contributed by atoms with Gasteiger partial charge in [0.2, 0.25) is 5.91 Å². The summed E-state index contributed by atoms with van der Waals surface area (Å²) in [6.45, 7) is 6.65. The molecule has 1 amide bonds. The SMILES string of the molecule is O=C(CCN1CCC(n2ccnc2)CC1)N1CCNCC1. The van der Waals surface area contributed by atoms with Crippen LogP contribution in [0, 0.1) is 0 Å². The Hall–Kier alpha value is -1.40. The molecular formula is C15H25N5O. The van der Waals surface area contributed by atoms with Gasteiger partial charge in [0.05, 0.1) is 6.33 Å². The van der Waals surface area contributed by atoms with E-state index in [-0.39, 0.29) is 0 Å². The van der Waals surface area contributed by atoms with Gasteiger partial charge < -0.3 is 19.7 Å². The molecule has 0 saturated carbocycles. The first kappa shape index (κ1) is 14.5. The Labute approximate surface area is 126 Å². The van der Waals surface area contributed by atoms with E-state index >= 15 is 0 Å². The minimum Gasteiger partial charge on any atom is -0.340 e. The van der Waals surface area contributed by atoms with Gasteiger partial charge >= 0.3 is 0 Å². The van der Waals surface area contributed by atoms with E-state index in [0.717, 1.165) is 58.7 Å². The van der Waals surface area contributed by atoms with E-state index < -0.39 is 0 Å². The number of piperidine rings is 1. The zero-order valence-corrected chi connectivity index (χ0v) is 12.6. The second kappa shape index (κ2) is 7.04. The van der Waals surface area contributed by atoms with E-state index in [0.29, 0.717) is 18.4 Å². The number of nitrogens with zero attached hydrogens (tertiary/aromatic N) is 4. The number of carbonyl (C=O) groups is 1. The molecule has 2 aliphatic heterocycles. The molecule has 0 atom stereocenters. The molecule has 0 aliphatic carbocycles. The molecule has 6 nitrogen and oxygen atoms in total. The van der Waals surface area contributed by atoms with Crippen molar-refractivity contribution >= 4 is 5.91 Å². The summed E-state index contributed by atoms with van der Waals surface area (Å²) in [5.74, 6) is 0.313. The number of piperazine rings is 1. The number of hydrogen-bond donors (Lipinski definition) is 1. The second-order valence-electron chi connectivity index (χ2n) is 5.96. The van der Waals surface area contributed by atoms with Crippen LogP contribution in [0.15, 0.2) is 18.7 Å². The van der Waals surface area contributed by atoms with E-state index in [4.69, 9.17) is 0 Å². The molecule has 2 saturated heterocycles. The van der Waals surface area contributed by atoms with Crippen LogP contribution in [0.4, 0.5) is 0 Å². The summed E-state index contributed by atoms with van der Waals surface area (Å²) in [7, 11) is 0. The highest BCUT2D eigenvalue weighted by Gasteiger charge is 2.22. The van der Waals surface area contributed by atoms with Gasteiger partial charge in [-0.05, 0) is 12.8 Å². The molecule has 3 heterocycles. The molecule has 2 aliphatic rings. The Morgan fingerprint density at radius 1 is 1.19 bits per heavy atom. The van der Waals surface area contributed by atoms with Gasteiger partial charge in [0.25, 0.3) is 0 Å². The molecule has 3 rings (SSSR count). The molecule has 0 radical (unpaired) electrons. The highest BCUT2D eigenvalue weighted by molar-refractivity contribution is 5.76. The van der Waals surface area contributed by atoms with Crippen molar-refractivity contribution in [2.45, 2.75) is 25.3 Å². The number of amides is 1. The quantitative estimate of drug-likeness (QED) is 0.869. The van der Waals surface area contributed by atoms with Crippen molar-refractivity contribution in [2.24, 2.45) is 0 Å². The van der Waals surface area contributed by atoms with Crippen molar-refractivity contribution in [2.75, 3.05) is 45.8 Å². The number of likely N-dealkylation sites (tertiary alicyclic amines) is 1. The van der Waals surface area contributed by atoms with Gasteiger partial charge in [-0.1, -0.05) is 0 Å². The number of nitrogens with one attached hydrogen (secondary N) is 1. The predicted molar refractivity (Wildman–Crippen MR) is 81.0 cm³/mol. The number of hydrogen-bond acceptors (Lipinski definition) is 4. The van der Waals surface area contributed by atoms with Crippen LogP contribution < -0.4 is 5.32 Å². The van der Waals surface area contributed by atoms with E-state index in [9.17, 15) is 4.79 Å². The molecule has 0 unspecified atom stereocenters. The Balaban J connectivity index is 1.38. The monoisotopic (exact) mass is 291 g/mol. The van der Waals surface area contributed by atoms with Crippen molar-refractivity contribution in [3.8, 4) is 0 Å². The highest BCUT2D eigenvalue weighted by Crippen LogP contribution is 2.22. The number of rotatable bonds is 4. The third kappa shape index (κ3) is 3.83. The maximum Gasteiger partial charge on any atom is 0.223 e. The average molecular weight is 291 g/mol. The Morgan fingerprint density at radius 2 is 1.95 bits per heavy atom. The maximum atomic E-state index is 12.2. The molecule has 0 aromatic carbocycles. The number of imidazole rings is 1. The van der Waals surface area contributed by atoms with Gasteiger partial charge in [-0.3, -0.25) is 4.79 Å². The van der Waals surface area contributed by atoms with Gasteiger partial charge in [0.15, 0.2) is 0 Å². The van der Waals surface area contributed by atoms with Crippen LogP contribution in [0.2, 0.25) is 0 Å². The molecule has 0 bridgehead atoms. The standard InChI is InChI=1S/C15H25N5O/c21-15(19-10-4-16-5-11-19)3-9-18-7-1-14(2-8-18)20-12-6-17-13-20/h6,12-14,16H,1-5,7-11H2. The lowest BCUT2D eigenvalue weighted by Gasteiger charge is -2.33. The third-order valence-electron chi connectivity index (χ3n) is 4.62. The van der Waals surface area contributed by atoms with Crippen LogP contribution in [-0.4, -0.2) is 71.1 Å². The molecule has 1 aromatic rings. The zero-order valence-electron chi connectivity index (χ0n) is 12.6. The van der Waals surface area contributed by atoms with Gasteiger partial charge in [0, 0.05) is 70.7 Å². The van der Waals surface area contributed by atoms with Crippen LogP contribution in [-0.2, 0) is 4.79 Å². The zero-order chi connectivity index (χ0) is 14.5. The lowest BCUT2D eigenvalue weighted by atomic mass is 10.0. The fourth-order valence-corrected chi connectivity index (χ4v) is 3.25. The molecule has 21 heavy (non-hydrogen) atoms. The first-order valence-corrected chi connectivity index (χ1v) is 8.01. The lowest BCUT2D eigenvalue weighted by molar-refractivity contribution is -0.132. The normalized spacial score (nSPS) is 21.6. The largest absolute Gasteiger partial charge is 0.340 e. The lowest BCUT2D eigenvalue weighted by Crippen LogP contribution is -2.47. The van der Waals surface area contributed by atoms with Crippen molar-refractivity contribution in [1.29, 1.82) is 0 Å². The summed E-state index contributed by atoms with van der Waals surface area (Å²) in [5, 5.41) is 3.28. The van der Waals surface area contributed by atoms with Crippen LogP contribution in [0.3, 0.4) is 0 Å². The van der Waals surface area contributed by atoms with Gasteiger partial charge in [0.1, 0.15) is 0 Å². The molecule has 0 spiro atoms.